The molecule has 4 aliphatic rings. The summed E-state index contributed by atoms with van der Waals surface area (Å²) < 4.78 is 5.94. The summed E-state index contributed by atoms with van der Waals surface area (Å²) in [5.41, 5.74) is 0.694. The van der Waals surface area contributed by atoms with Gasteiger partial charge in [0.05, 0.1) is 10.5 Å². The largest absolute Gasteiger partial charge is 0.459 e. The van der Waals surface area contributed by atoms with Crippen LogP contribution in [0.1, 0.15) is 75.6 Å². The van der Waals surface area contributed by atoms with E-state index in [1.807, 2.05) is 11.9 Å². The van der Waals surface area contributed by atoms with Gasteiger partial charge in [-0.2, -0.15) is 0 Å². The third-order valence-electron chi connectivity index (χ3n) is 9.87. The molecule has 3 aliphatic carbocycles. The monoisotopic (exact) mass is 454 g/mol. The Bertz CT molecular complexity index is 977. The van der Waals surface area contributed by atoms with E-state index in [4.69, 9.17) is 4.74 Å². The number of carbonyl (C=O) groups is 2. The number of carbonyl (C=O) groups excluding carboxylic acids is 2. The number of nitrogens with zero attached hydrogens (tertiary/aromatic N) is 2. The maximum absolute atomic E-state index is 12.8. The summed E-state index contributed by atoms with van der Waals surface area (Å²) in [6.45, 7) is 4.79. The molecule has 0 N–H and O–H groups in total. The molecular formula is C26H34N2O5. The second kappa shape index (κ2) is 7.81. The van der Waals surface area contributed by atoms with Crippen molar-refractivity contribution in [2.45, 2.75) is 77.4 Å². The molecule has 1 aromatic rings. The molecule has 178 valence electrons. The minimum Gasteiger partial charge on any atom is -0.459 e. The topological polar surface area (TPSA) is 89.8 Å². The quantitative estimate of drug-likeness (QED) is 0.365. The minimum atomic E-state index is -0.469. The standard InChI is InChI=1S/C26H34N2O5/c1-25-12-10-20-19(8-9-22-26(20,2)13-11-23(29)27(22)3)21(25)14-18(15-25)33-24(30)16-4-6-17(7-5-16)28(31)32/h4-7,18-22H,8-15H2,1-3H3/t18-,19-,20+,21+,22-,25-,26-/m1/s1. The van der Waals surface area contributed by atoms with Gasteiger partial charge in [0, 0.05) is 31.6 Å². The van der Waals surface area contributed by atoms with Gasteiger partial charge in [-0.05, 0) is 85.7 Å². The highest BCUT2D eigenvalue weighted by molar-refractivity contribution is 5.89. The van der Waals surface area contributed by atoms with Crippen molar-refractivity contribution in [2.24, 2.45) is 28.6 Å². The van der Waals surface area contributed by atoms with Gasteiger partial charge >= 0.3 is 5.97 Å². The zero-order valence-electron chi connectivity index (χ0n) is 19.8. The Balaban J connectivity index is 1.30. The maximum atomic E-state index is 12.8. The Hall–Kier alpha value is -2.44. The molecule has 0 aromatic heterocycles. The van der Waals surface area contributed by atoms with Crippen molar-refractivity contribution < 1.29 is 19.2 Å². The maximum Gasteiger partial charge on any atom is 0.338 e. The van der Waals surface area contributed by atoms with Crippen molar-refractivity contribution in [3.8, 4) is 0 Å². The van der Waals surface area contributed by atoms with E-state index >= 15 is 0 Å². The number of rotatable bonds is 3. The number of fused-ring (bicyclic) bond motifs is 5. The van der Waals surface area contributed by atoms with Gasteiger partial charge in [-0.15, -0.1) is 0 Å². The molecular weight excluding hydrogens is 420 g/mol. The smallest absolute Gasteiger partial charge is 0.338 e. The van der Waals surface area contributed by atoms with Crippen molar-refractivity contribution in [2.75, 3.05) is 7.05 Å². The van der Waals surface area contributed by atoms with Gasteiger partial charge in [0.25, 0.3) is 5.69 Å². The van der Waals surface area contributed by atoms with Crippen LogP contribution >= 0.6 is 0 Å². The lowest BCUT2D eigenvalue weighted by Gasteiger charge is -2.61. The molecule has 1 aromatic carbocycles. The fourth-order valence-electron chi connectivity index (χ4n) is 8.17. The highest BCUT2D eigenvalue weighted by Crippen LogP contribution is 2.65. The molecule has 1 saturated heterocycles. The van der Waals surface area contributed by atoms with E-state index in [1.165, 1.54) is 30.7 Å². The van der Waals surface area contributed by atoms with Crippen LogP contribution in [-0.2, 0) is 9.53 Å². The molecule has 0 spiro atoms. The van der Waals surface area contributed by atoms with Gasteiger partial charge in [0.2, 0.25) is 5.91 Å². The van der Waals surface area contributed by atoms with Crippen LogP contribution in [0.3, 0.4) is 0 Å². The zero-order valence-corrected chi connectivity index (χ0v) is 19.8. The van der Waals surface area contributed by atoms with E-state index in [2.05, 4.69) is 13.8 Å². The molecule has 7 nitrogen and oxygen atoms in total. The number of nitro groups is 1. The molecule has 0 bridgehead atoms. The lowest BCUT2D eigenvalue weighted by Crippen LogP contribution is -2.61. The van der Waals surface area contributed by atoms with Crippen LogP contribution in [0.25, 0.3) is 0 Å². The van der Waals surface area contributed by atoms with Crippen LogP contribution in [0.4, 0.5) is 5.69 Å². The molecule has 1 aliphatic heterocycles. The Kier molecular flexibility index (Phi) is 5.29. The van der Waals surface area contributed by atoms with E-state index < -0.39 is 10.9 Å². The molecule has 33 heavy (non-hydrogen) atoms. The predicted molar refractivity (Wildman–Crippen MR) is 122 cm³/mol. The van der Waals surface area contributed by atoms with Crippen molar-refractivity contribution >= 4 is 17.6 Å². The van der Waals surface area contributed by atoms with Gasteiger partial charge in [0.1, 0.15) is 6.10 Å². The fraction of sp³-hybridized carbons (Fsp3) is 0.692. The number of hydrogen-bond acceptors (Lipinski definition) is 5. The molecule has 7 heteroatoms. The summed E-state index contributed by atoms with van der Waals surface area (Å²) in [5.74, 6) is 1.67. The van der Waals surface area contributed by atoms with E-state index in [1.54, 1.807) is 0 Å². The average molecular weight is 455 g/mol. The van der Waals surface area contributed by atoms with Gasteiger partial charge in [-0.25, -0.2) is 4.79 Å². The summed E-state index contributed by atoms with van der Waals surface area (Å²) in [5, 5.41) is 10.9. The first kappa shape index (κ1) is 22.4. The first-order chi connectivity index (χ1) is 15.6. The minimum absolute atomic E-state index is 0.0313. The Morgan fingerprint density at radius 3 is 2.55 bits per heavy atom. The highest BCUT2D eigenvalue weighted by atomic mass is 16.6. The number of amides is 1. The molecule has 3 saturated carbocycles. The van der Waals surface area contributed by atoms with Crippen LogP contribution in [0.2, 0.25) is 0 Å². The molecule has 5 rings (SSSR count). The summed E-state index contributed by atoms with van der Waals surface area (Å²) >= 11 is 0. The van der Waals surface area contributed by atoms with Crippen molar-refractivity contribution in [1.82, 2.24) is 4.90 Å². The number of benzene rings is 1. The number of nitro benzene ring substituents is 1. The number of likely N-dealkylation sites (tertiary alicyclic amines) is 1. The average Bonchev–Trinajstić information content (AvgIpc) is 3.12. The number of piperidine rings is 1. The molecule has 0 radical (unpaired) electrons. The third kappa shape index (κ3) is 3.55. The van der Waals surface area contributed by atoms with E-state index in [0.717, 1.165) is 38.5 Å². The van der Waals surface area contributed by atoms with E-state index in [0.29, 0.717) is 35.8 Å². The van der Waals surface area contributed by atoms with E-state index in [-0.39, 0.29) is 28.5 Å². The SMILES string of the molecule is CN1C(=O)CC[C@]2(C)[C@H]3CC[C@]4(C)C[C@H](OC(=O)c5ccc([N+](=O)[O-])cc5)C[C@H]4[C@@H]3CC[C@@H]12. The van der Waals surface area contributed by atoms with Crippen LogP contribution in [0, 0.1) is 38.7 Å². The summed E-state index contributed by atoms with van der Waals surface area (Å²) in [6.07, 6.45) is 7.87. The van der Waals surface area contributed by atoms with E-state index in [9.17, 15) is 19.7 Å². The van der Waals surface area contributed by atoms with Gasteiger partial charge in [-0.3, -0.25) is 14.9 Å². The van der Waals surface area contributed by atoms with Crippen molar-refractivity contribution in [3.63, 3.8) is 0 Å². The highest BCUT2D eigenvalue weighted by Gasteiger charge is 2.60. The van der Waals surface area contributed by atoms with Crippen LogP contribution in [0.5, 0.6) is 0 Å². The Morgan fingerprint density at radius 1 is 1.12 bits per heavy atom. The number of hydrogen-bond donors (Lipinski definition) is 0. The molecule has 0 unspecified atom stereocenters. The van der Waals surface area contributed by atoms with Gasteiger partial charge < -0.3 is 9.64 Å². The number of esters is 1. The Labute approximate surface area is 195 Å². The number of non-ortho nitro benzene ring substituents is 1. The summed E-state index contributed by atoms with van der Waals surface area (Å²) in [7, 11) is 1.99. The lowest BCUT2D eigenvalue weighted by atomic mass is 9.47. The number of ether oxygens (including phenoxy) is 1. The molecule has 4 fully saturated rings. The molecule has 1 amide bonds. The molecule has 7 atom stereocenters. The van der Waals surface area contributed by atoms with Crippen LogP contribution in [0.15, 0.2) is 24.3 Å². The molecule has 1 heterocycles. The Morgan fingerprint density at radius 2 is 1.85 bits per heavy atom. The van der Waals surface area contributed by atoms with Gasteiger partial charge in [0.15, 0.2) is 0 Å². The second-order valence-corrected chi connectivity index (χ2v) is 11.4. The normalized spacial score (nSPS) is 39.9. The second-order valence-electron chi connectivity index (χ2n) is 11.4. The van der Waals surface area contributed by atoms with Crippen LogP contribution < -0.4 is 0 Å². The first-order valence-corrected chi connectivity index (χ1v) is 12.3. The van der Waals surface area contributed by atoms with Crippen LogP contribution in [-0.4, -0.2) is 40.9 Å². The summed E-state index contributed by atoms with van der Waals surface area (Å²) in [4.78, 5) is 37.5. The zero-order chi connectivity index (χ0) is 23.5. The van der Waals surface area contributed by atoms with Gasteiger partial charge in [-0.1, -0.05) is 13.8 Å². The fourth-order valence-corrected chi connectivity index (χ4v) is 8.17. The van der Waals surface area contributed by atoms with Crippen molar-refractivity contribution in [1.29, 1.82) is 0 Å². The van der Waals surface area contributed by atoms with Crippen molar-refractivity contribution in [3.05, 3.63) is 39.9 Å². The third-order valence-corrected chi connectivity index (χ3v) is 9.87. The summed E-state index contributed by atoms with van der Waals surface area (Å²) in [6, 6.07) is 6.00. The first-order valence-electron chi connectivity index (χ1n) is 12.3. The lowest BCUT2D eigenvalue weighted by molar-refractivity contribution is -0.384. The predicted octanol–water partition coefficient (Wildman–Crippen LogP) is 4.98.